The van der Waals surface area contributed by atoms with Gasteiger partial charge in [0, 0.05) is 12.6 Å². The summed E-state index contributed by atoms with van der Waals surface area (Å²) in [5, 5.41) is 0. The minimum absolute atomic E-state index is 0.118. The van der Waals surface area contributed by atoms with Crippen molar-refractivity contribution in [2.75, 3.05) is 25.9 Å². The van der Waals surface area contributed by atoms with E-state index in [0.29, 0.717) is 0 Å². The van der Waals surface area contributed by atoms with Gasteiger partial charge in [-0.25, -0.2) is 13.1 Å². The third kappa shape index (κ3) is 6.10. The molecule has 0 amide bonds. The van der Waals surface area contributed by atoms with Crippen LogP contribution >= 0.6 is 0 Å². The van der Waals surface area contributed by atoms with E-state index in [-0.39, 0.29) is 6.04 Å². The molecule has 0 aromatic heterocycles. The van der Waals surface area contributed by atoms with Crippen molar-refractivity contribution < 1.29 is 8.42 Å². The molecule has 0 spiro atoms. The molecule has 4 nitrogen and oxygen atoms in total. The molecule has 0 aromatic rings. The number of likely N-dealkylation sites (tertiary alicyclic amines) is 1. The Morgan fingerprint density at radius 2 is 1.75 bits per heavy atom. The zero-order chi connectivity index (χ0) is 14.4. The number of rotatable bonds is 5. The Morgan fingerprint density at radius 1 is 1.05 bits per heavy atom. The third-order valence-electron chi connectivity index (χ3n) is 4.71. The lowest BCUT2D eigenvalue weighted by Crippen LogP contribution is -2.47. The monoisotopic (exact) mass is 302 g/mol. The Hall–Kier alpha value is -0.130. The van der Waals surface area contributed by atoms with Gasteiger partial charge in [0.2, 0.25) is 10.0 Å². The van der Waals surface area contributed by atoms with E-state index in [1.54, 1.807) is 0 Å². The minimum Gasteiger partial charge on any atom is -0.302 e. The van der Waals surface area contributed by atoms with Gasteiger partial charge >= 0.3 is 0 Å². The van der Waals surface area contributed by atoms with Crippen LogP contribution in [0.5, 0.6) is 0 Å². The van der Waals surface area contributed by atoms with Crippen LogP contribution in [0.15, 0.2) is 0 Å². The number of hydrogen-bond acceptors (Lipinski definition) is 3. The quantitative estimate of drug-likeness (QED) is 0.793. The van der Waals surface area contributed by atoms with Crippen LogP contribution in [0.2, 0.25) is 0 Å². The molecule has 2 fully saturated rings. The van der Waals surface area contributed by atoms with Crippen LogP contribution in [0.1, 0.15) is 57.8 Å². The van der Waals surface area contributed by atoms with Gasteiger partial charge in [-0.3, -0.25) is 0 Å². The van der Waals surface area contributed by atoms with Gasteiger partial charge in [0.25, 0.3) is 0 Å². The average Bonchev–Trinajstić information content (AvgIpc) is 2.63. The largest absolute Gasteiger partial charge is 0.302 e. The molecule has 0 aromatic carbocycles. The molecule has 118 valence electrons. The molecule has 1 atom stereocenters. The van der Waals surface area contributed by atoms with Crippen molar-refractivity contribution in [1.29, 1.82) is 0 Å². The second kappa shape index (κ2) is 7.76. The van der Waals surface area contributed by atoms with E-state index >= 15 is 0 Å². The highest BCUT2D eigenvalue weighted by atomic mass is 32.2. The van der Waals surface area contributed by atoms with Crippen LogP contribution in [-0.2, 0) is 10.0 Å². The summed E-state index contributed by atoms with van der Waals surface area (Å²) in [4.78, 5) is 2.46. The number of nitrogens with zero attached hydrogens (tertiary/aromatic N) is 1. The minimum atomic E-state index is -3.06. The summed E-state index contributed by atoms with van der Waals surface area (Å²) in [6.07, 6.45) is 13.1. The molecule has 1 aliphatic carbocycles. The third-order valence-corrected chi connectivity index (χ3v) is 5.48. The predicted octanol–water partition coefficient (Wildman–Crippen LogP) is 2.36. The van der Waals surface area contributed by atoms with Crippen LogP contribution in [0, 0.1) is 5.92 Å². The molecule has 1 aliphatic heterocycles. The fourth-order valence-corrected chi connectivity index (χ4v) is 4.47. The zero-order valence-electron chi connectivity index (χ0n) is 12.8. The second-order valence-corrected chi connectivity index (χ2v) is 8.46. The second-order valence-electron chi connectivity index (χ2n) is 6.68. The Bertz CT molecular complexity index is 375. The van der Waals surface area contributed by atoms with Gasteiger partial charge in [0.1, 0.15) is 0 Å². The molecule has 1 heterocycles. The summed E-state index contributed by atoms with van der Waals surface area (Å²) >= 11 is 0. The topological polar surface area (TPSA) is 49.4 Å². The number of hydrogen-bond donors (Lipinski definition) is 1. The lowest BCUT2D eigenvalue weighted by Gasteiger charge is -2.33. The van der Waals surface area contributed by atoms with Crippen molar-refractivity contribution in [2.24, 2.45) is 5.92 Å². The molecule has 2 aliphatic rings. The van der Waals surface area contributed by atoms with E-state index in [9.17, 15) is 8.42 Å². The van der Waals surface area contributed by atoms with Crippen molar-refractivity contribution >= 4 is 10.0 Å². The molecule has 5 heteroatoms. The lowest BCUT2D eigenvalue weighted by molar-refractivity contribution is 0.186. The average molecular weight is 302 g/mol. The first-order valence-electron chi connectivity index (χ1n) is 8.22. The van der Waals surface area contributed by atoms with Crippen LogP contribution in [0.25, 0.3) is 0 Å². The van der Waals surface area contributed by atoms with E-state index in [0.717, 1.165) is 38.4 Å². The highest BCUT2D eigenvalue weighted by molar-refractivity contribution is 7.88. The van der Waals surface area contributed by atoms with Crippen LogP contribution in [0.4, 0.5) is 0 Å². The van der Waals surface area contributed by atoms with Gasteiger partial charge in [-0.15, -0.1) is 0 Å². The summed E-state index contributed by atoms with van der Waals surface area (Å²) < 4.78 is 25.4. The SMILES string of the molecule is CS(=O)(=O)NC1CCCN(CCC2CCCCCC2)C1. The summed E-state index contributed by atoms with van der Waals surface area (Å²) in [7, 11) is -3.06. The summed E-state index contributed by atoms with van der Waals surface area (Å²) in [5.41, 5.74) is 0. The van der Waals surface area contributed by atoms with E-state index in [4.69, 9.17) is 0 Å². The van der Waals surface area contributed by atoms with Crippen molar-refractivity contribution in [3.8, 4) is 0 Å². The zero-order valence-corrected chi connectivity index (χ0v) is 13.6. The van der Waals surface area contributed by atoms with Crippen LogP contribution in [0.3, 0.4) is 0 Å². The van der Waals surface area contributed by atoms with Gasteiger partial charge in [-0.2, -0.15) is 0 Å². The highest BCUT2D eigenvalue weighted by Crippen LogP contribution is 2.26. The van der Waals surface area contributed by atoms with Gasteiger partial charge in [0.05, 0.1) is 6.26 Å². The number of piperidine rings is 1. The van der Waals surface area contributed by atoms with Crippen molar-refractivity contribution in [1.82, 2.24) is 9.62 Å². The fourth-order valence-electron chi connectivity index (χ4n) is 3.68. The van der Waals surface area contributed by atoms with Crippen molar-refractivity contribution in [3.63, 3.8) is 0 Å². The molecule has 0 bridgehead atoms. The first kappa shape index (κ1) is 16.2. The highest BCUT2D eigenvalue weighted by Gasteiger charge is 2.23. The molecule has 1 unspecified atom stereocenters. The van der Waals surface area contributed by atoms with Gasteiger partial charge in [-0.1, -0.05) is 38.5 Å². The number of sulfonamides is 1. The molecular formula is C15H30N2O2S. The lowest BCUT2D eigenvalue weighted by atomic mass is 9.96. The van der Waals surface area contributed by atoms with Crippen molar-refractivity contribution in [3.05, 3.63) is 0 Å². The van der Waals surface area contributed by atoms with Gasteiger partial charge < -0.3 is 4.90 Å². The van der Waals surface area contributed by atoms with E-state index < -0.39 is 10.0 Å². The first-order valence-corrected chi connectivity index (χ1v) is 10.1. The standard InChI is InChI=1S/C15H30N2O2S/c1-20(18,19)16-15-9-6-11-17(13-15)12-10-14-7-4-2-3-5-8-14/h14-16H,2-13H2,1H3. The predicted molar refractivity (Wildman–Crippen MR) is 83.3 cm³/mol. The molecule has 20 heavy (non-hydrogen) atoms. The molecule has 1 saturated heterocycles. The van der Waals surface area contributed by atoms with Crippen LogP contribution < -0.4 is 4.72 Å². The Morgan fingerprint density at radius 3 is 2.40 bits per heavy atom. The van der Waals surface area contributed by atoms with Gasteiger partial charge in [-0.05, 0) is 38.3 Å². The normalized spacial score (nSPS) is 27.4. The molecule has 2 rings (SSSR count). The first-order chi connectivity index (χ1) is 9.53. The maximum absolute atomic E-state index is 11.3. The fraction of sp³-hybridized carbons (Fsp3) is 1.00. The Balaban J connectivity index is 1.72. The summed E-state index contributed by atoms with van der Waals surface area (Å²) in [6.45, 7) is 3.17. The molecule has 1 N–H and O–H groups in total. The summed E-state index contributed by atoms with van der Waals surface area (Å²) in [6, 6.07) is 0.118. The smallest absolute Gasteiger partial charge is 0.208 e. The van der Waals surface area contributed by atoms with Crippen LogP contribution in [-0.4, -0.2) is 45.2 Å². The summed E-state index contributed by atoms with van der Waals surface area (Å²) in [5.74, 6) is 0.903. The molecule has 0 radical (unpaired) electrons. The van der Waals surface area contributed by atoms with E-state index in [1.165, 1.54) is 51.2 Å². The van der Waals surface area contributed by atoms with Crippen molar-refractivity contribution in [2.45, 2.75) is 63.8 Å². The Kier molecular flexibility index (Phi) is 6.30. The van der Waals surface area contributed by atoms with E-state index in [1.807, 2.05) is 0 Å². The number of nitrogens with one attached hydrogen (secondary N) is 1. The maximum Gasteiger partial charge on any atom is 0.208 e. The maximum atomic E-state index is 11.3. The van der Waals surface area contributed by atoms with E-state index in [2.05, 4.69) is 9.62 Å². The Labute approximate surface area is 124 Å². The molecule has 1 saturated carbocycles. The molecular weight excluding hydrogens is 272 g/mol. The van der Waals surface area contributed by atoms with Gasteiger partial charge in [0.15, 0.2) is 0 Å².